The number of allylic oxidation sites excluding steroid dienone is 2. The van der Waals surface area contributed by atoms with Crippen LogP contribution in [0.25, 0.3) is 5.57 Å². The van der Waals surface area contributed by atoms with E-state index in [-0.39, 0.29) is 0 Å². The average Bonchev–Trinajstić information content (AvgIpc) is 2.68. The van der Waals surface area contributed by atoms with Gasteiger partial charge in [-0.2, -0.15) is 0 Å². The summed E-state index contributed by atoms with van der Waals surface area (Å²) in [6.45, 7) is 0. The molecule has 21 heavy (non-hydrogen) atoms. The van der Waals surface area contributed by atoms with Crippen molar-refractivity contribution < 1.29 is 14.3 Å². The van der Waals surface area contributed by atoms with E-state index in [1.54, 1.807) is 13.3 Å². The first-order valence-electron chi connectivity index (χ1n) is 6.75. The van der Waals surface area contributed by atoms with Gasteiger partial charge in [-0.1, -0.05) is 12.1 Å². The normalized spacial score (nSPS) is 14.6. The smallest absolute Gasteiger partial charge is 0.226 e. The Kier molecular flexibility index (Phi) is 3.69. The Morgan fingerprint density at radius 2 is 2.24 bits per heavy atom. The van der Waals surface area contributed by atoms with Gasteiger partial charge >= 0.3 is 0 Å². The van der Waals surface area contributed by atoms with E-state index >= 15 is 0 Å². The van der Waals surface area contributed by atoms with Crippen LogP contribution in [0.15, 0.2) is 42.6 Å². The fourth-order valence-corrected chi connectivity index (χ4v) is 2.49. The molecule has 1 aliphatic rings. The van der Waals surface area contributed by atoms with Crippen LogP contribution in [-0.4, -0.2) is 18.4 Å². The fourth-order valence-electron chi connectivity index (χ4n) is 2.49. The second kappa shape index (κ2) is 5.79. The number of aldehydes is 1. The lowest BCUT2D eigenvalue weighted by molar-refractivity contribution is -0.107. The minimum absolute atomic E-state index is 0.369. The van der Waals surface area contributed by atoms with E-state index in [0.717, 1.165) is 34.5 Å². The molecule has 2 heterocycles. The number of methoxy groups -OCH3 is 1. The highest BCUT2D eigenvalue weighted by Gasteiger charge is 2.21. The van der Waals surface area contributed by atoms with Crippen molar-refractivity contribution in [3.63, 3.8) is 0 Å². The van der Waals surface area contributed by atoms with Crippen molar-refractivity contribution >= 4 is 11.9 Å². The molecule has 0 amide bonds. The number of pyridine rings is 1. The molecule has 0 saturated carbocycles. The Morgan fingerprint density at radius 1 is 1.33 bits per heavy atom. The molecule has 0 unspecified atom stereocenters. The molecule has 1 aromatic carbocycles. The molecule has 0 aliphatic carbocycles. The van der Waals surface area contributed by atoms with Gasteiger partial charge in [-0.15, -0.1) is 0 Å². The Bertz CT molecular complexity index is 707. The van der Waals surface area contributed by atoms with Gasteiger partial charge in [-0.25, -0.2) is 4.98 Å². The van der Waals surface area contributed by atoms with Gasteiger partial charge in [-0.3, -0.25) is 0 Å². The minimum atomic E-state index is 0.369. The molecule has 2 aromatic rings. The van der Waals surface area contributed by atoms with E-state index in [1.165, 1.54) is 0 Å². The summed E-state index contributed by atoms with van der Waals surface area (Å²) in [6.07, 6.45) is 5.51. The quantitative estimate of drug-likeness (QED) is 0.809. The topological polar surface area (TPSA) is 48.4 Å². The third-order valence-corrected chi connectivity index (χ3v) is 3.46. The Labute approximate surface area is 123 Å². The summed E-state index contributed by atoms with van der Waals surface area (Å²) < 4.78 is 11.4. The lowest BCUT2D eigenvalue weighted by Crippen LogP contribution is -1.94. The van der Waals surface area contributed by atoms with Crippen molar-refractivity contribution in [2.24, 2.45) is 0 Å². The fraction of sp³-hybridized carbons (Fsp3) is 0.176. The number of benzene rings is 1. The van der Waals surface area contributed by atoms with E-state index in [9.17, 15) is 4.79 Å². The second-order valence-electron chi connectivity index (χ2n) is 4.70. The summed E-state index contributed by atoms with van der Waals surface area (Å²) in [7, 11) is 1.64. The lowest BCUT2D eigenvalue weighted by Gasteiger charge is -2.10. The maximum atomic E-state index is 10.7. The monoisotopic (exact) mass is 281 g/mol. The number of ether oxygens (including phenoxy) is 2. The van der Waals surface area contributed by atoms with Crippen molar-refractivity contribution in [2.75, 3.05) is 7.11 Å². The van der Waals surface area contributed by atoms with Crippen molar-refractivity contribution in [3.8, 4) is 17.4 Å². The maximum absolute atomic E-state index is 10.7. The molecular weight excluding hydrogens is 266 g/mol. The van der Waals surface area contributed by atoms with E-state index in [1.807, 2.05) is 36.4 Å². The van der Waals surface area contributed by atoms with Gasteiger partial charge in [0, 0.05) is 30.2 Å². The number of carbonyl (C=O) groups is 1. The first-order valence-corrected chi connectivity index (χ1v) is 6.75. The molecule has 0 N–H and O–H groups in total. The highest BCUT2D eigenvalue weighted by molar-refractivity contribution is 5.76. The molecule has 3 rings (SSSR count). The highest BCUT2D eigenvalue weighted by Crippen LogP contribution is 2.41. The summed E-state index contributed by atoms with van der Waals surface area (Å²) >= 11 is 0. The van der Waals surface area contributed by atoms with E-state index in [0.29, 0.717) is 18.7 Å². The lowest BCUT2D eigenvalue weighted by atomic mass is 9.98. The zero-order valence-electron chi connectivity index (χ0n) is 11.7. The summed E-state index contributed by atoms with van der Waals surface area (Å²) in [5.41, 5.74) is 2.90. The first-order chi connectivity index (χ1) is 10.3. The summed E-state index contributed by atoms with van der Waals surface area (Å²) in [4.78, 5) is 15.0. The number of hydrogen-bond donors (Lipinski definition) is 0. The van der Waals surface area contributed by atoms with Gasteiger partial charge in [0.05, 0.1) is 7.11 Å². The Hall–Kier alpha value is -2.62. The van der Waals surface area contributed by atoms with Crippen LogP contribution < -0.4 is 9.47 Å². The zero-order chi connectivity index (χ0) is 14.7. The van der Waals surface area contributed by atoms with Crippen molar-refractivity contribution in [2.45, 2.75) is 12.8 Å². The third-order valence-electron chi connectivity index (χ3n) is 3.46. The third kappa shape index (κ3) is 2.52. The highest BCUT2D eigenvalue weighted by atomic mass is 16.5. The van der Waals surface area contributed by atoms with Gasteiger partial charge in [0.2, 0.25) is 5.88 Å². The van der Waals surface area contributed by atoms with E-state index in [2.05, 4.69) is 4.98 Å². The molecule has 1 aromatic heterocycles. The summed E-state index contributed by atoms with van der Waals surface area (Å²) in [6, 6.07) is 9.52. The number of carbonyl (C=O) groups excluding carboxylic acids is 1. The van der Waals surface area contributed by atoms with E-state index in [4.69, 9.17) is 9.47 Å². The molecule has 0 spiro atoms. The summed E-state index contributed by atoms with van der Waals surface area (Å²) in [5.74, 6) is 2.07. The maximum Gasteiger partial charge on any atom is 0.226 e. The number of hydrogen-bond acceptors (Lipinski definition) is 4. The molecule has 0 bridgehead atoms. The van der Waals surface area contributed by atoms with Gasteiger partial charge in [-0.05, 0) is 29.8 Å². The SMILES string of the molecule is COc1cccc2c1C/C(=C/CC=O)c1cccnc1O2. The second-order valence-corrected chi connectivity index (χ2v) is 4.70. The van der Waals surface area contributed by atoms with Crippen LogP contribution in [-0.2, 0) is 11.2 Å². The molecule has 4 heteroatoms. The van der Waals surface area contributed by atoms with Crippen LogP contribution >= 0.6 is 0 Å². The van der Waals surface area contributed by atoms with Gasteiger partial charge in [0.1, 0.15) is 17.8 Å². The molecule has 0 saturated heterocycles. The number of nitrogens with zero attached hydrogens (tertiary/aromatic N) is 1. The number of fused-ring (bicyclic) bond motifs is 2. The van der Waals surface area contributed by atoms with Crippen molar-refractivity contribution in [1.29, 1.82) is 0 Å². The number of aromatic nitrogens is 1. The molecular formula is C17H15NO3. The van der Waals surface area contributed by atoms with Crippen molar-refractivity contribution in [1.82, 2.24) is 4.98 Å². The number of rotatable bonds is 3. The van der Waals surface area contributed by atoms with Crippen LogP contribution in [0.1, 0.15) is 17.5 Å². The Morgan fingerprint density at radius 3 is 3.05 bits per heavy atom. The molecule has 4 nitrogen and oxygen atoms in total. The molecule has 106 valence electrons. The van der Waals surface area contributed by atoms with Gasteiger partial charge in [0.15, 0.2) is 0 Å². The van der Waals surface area contributed by atoms with Crippen LogP contribution in [0.5, 0.6) is 17.4 Å². The van der Waals surface area contributed by atoms with Crippen molar-refractivity contribution in [3.05, 3.63) is 53.7 Å². The molecule has 0 atom stereocenters. The minimum Gasteiger partial charge on any atom is -0.496 e. The Balaban J connectivity index is 2.16. The van der Waals surface area contributed by atoms with Crippen LogP contribution in [0.3, 0.4) is 0 Å². The van der Waals surface area contributed by atoms with E-state index < -0.39 is 0 Å². The molecule has 0 radical (unpaired) electrons. The van der Waals surface area contributed by atoms with Crippen LogP contribution in [0.2, 0.25) is 0 Å². The summed E-state index contributed by atoms with van der Waals surface area (Å²) in [5, 5.41) is 0. The zero-order valence-corrected chi connectivity index (χ0v) is 11.7. The average molecular weight is 281 g/mol. The molecule has 1 aliphatic heterocycles. The van der Waals surface area contributed by atoms with Gasteiger partial charge in [0.25, 0.3) is 0 Å². The molecule has 0 fully saturated rings. The van der Waals surface area contributed by atoms with Gasteiger partial charge < -0.3 is 14.3 Å². The predicted octanol–water partition coefficient (Wildman–Crippen LogP) is 3.41. The first kappa shape index (κ1) is 13.4. The standard InChI is InChI=1S/C17H15NO3/c1-20-15-7-2-8-16-14(15)11-12(5-4-10-19)13-6-3-9-18-17(13)21-16/h2-3,5-10H,4,11H2,1H3/b12-5-. The predicted molar refractivity (Wildman–Crippen MR) is 79.7 cm³/mol. The van der Waals surface area contributed by atoms with Crippen LogP contribution in [0.4, 0.5) is 0 Å². The van der Waals surface area contributed by atoms with Crippen LogP contribution in [0, 0.1) is 0 Å². The largest absolute Gasteiger partial charge is 0.496 e.